The molecule has 0 aliphatic heterocycles. The summed E-state index contributed by atoms with van der Waals surface area (Å²) in [5, 5.41) is 15.7. The van der Waals surface area contributed by atoms with Gasteiger partial charge in [-0.25, -0.2) is 4.98 Å². The number of amides is 2. The van der Waals surface area contributed by atoms with Crippen LogP contribution in [0.4, 0.5) is 5.13 Å². The molecule has 2 N–H and O–H groups in total. The van der Waals surface area contributed by atoms with Crippen molar-refractivity contribution >= 4 is 40.0 Å². The standard InChI is InChI=1S/C22H28N6O2S2/c1-13(2)11-28-19(15(4)23-20(30)17-9-7-6-8-10-17)26-27-22(28)31-12-18(29)25-21-24-14(3)16(5)32-21/h6-10,13,15H,11-12H2,1-5H3,(H,23,30)(H,24,25,29)/t15-/m0/s1. The number of aryl methyl sites for hydroxylation is 2. The van der Waals surface area contributed by atoms with Gasteiger partial charge in [-0.1, -0.05) is 43.8 Å². The van der Waals surface area contributed by atoms with Crippen LogP contribution in [0.15, 0.2) is 35.5 Å². The summed E-state index contributed by atoms with van der Waals surface area (Å²) in [6, 6.07) is 8.73. The van der Waals surface area contributed by atoms with Crippen LogP contribution < -0.4 is 10.6 Å². The minimum Gasteiger partial charge on any atom is -0.342 e. The van der Waals surface area contributed by atoms with Crippen LogP contribution in [0.1, 0.15) is 53.6 Å². The second-order valence-electron chi connectivity index (χ2n) is 7.90. The third kappa shape index (κ3) is 6.17. The van der Waals surface area contributed by atoms with Crippen molar-refractivity contribution in [2.24, 2.45) is 5.92 Å². The number of nitrogens with zero attached hydrogens (tertiary/aromatic N) is 4. The maximum atomic E-state index is 12.6. The molecular weight excluding hydrogens is 444 g/mol. The second-order valence-corrected chi connectivity index (χ2v) is 10.0. The lowest BCUT2D eigenvalue weighted by atomic mass is 10.2. The van der Waals surface area contributed by atoms with Crippen LogP contribution in [0.5, 0.6) is 0 Å². The number of thioether (sulfide) groups is 1. The number of hydrogen-bond acceptors (Lipinski definition) is 7. The summed E-state index contributed by atoms with van der Waals surface area (Å²) < 4.78 is 1.98. The summed E-state index contributed by atoms with van der Waals surface area (Å²) in [4.78, 5) is 30.4. The van der Waals surface area contributed by atoms with E-state index in [-0.39, 0.29) is 23.6 Å². The van der Waals surface area contributed by atoms with E-state index in [4.69, 9.17) is 0 Å². The van der Waals surface area contributed by atoms with Crippen molar-refractivity contribution in [3.63, 3.8) is 0 Å². The minimum absolute atomic E-state index is 0.144. The van der Waals surface area contributed by atoms with Crippen molar-refractivity contribution in [2.45, 2.75) is 52.4 Å². The Bertz CT molecular complexity index is 1060. The predicted molar refractivity (Wildman–Crippen MR) is 128 cm³/mol. The zero-order chi connectivity index (χ0) is 23.3. The van der Waals surface area contributed by atoms with Gasteiger partial charge in [0.1, 0.15) is 0 Å². The van der Waals surface area contributed by atoms with E-state index in [1.54, 1.807) is 12.1 Å². The molecule has 0 saturated carbocycles. The first-order valence-corrected chi connectivity index (χ1v) is 12.2. The van der Waals surface area contributed by atoms with Gasteiger partial charge in [0.05, 0.1) is 17.5 Å². The molecule has 32 heavy (non-hydrogen) atoms. The zero-order valence-electron chi connectivity index (χ0n) is 18.9. The van der Waals surface area contributed by atoms with Crippen LogP contribution >= 0.6 is 23.1 Å². The molecular formula is C22H28N6O2S2. The fourth-order valence-corrected chi connectivity index (χ4v) is 4.60. The summed E-state index contributed by atoms with van der Waals surface area (Å²) in [6.45, 7) is 10.7. The largest absolute Gasteiger partial charge is 0.342 e. The van der Waals surface area contributed by atoms with Gasteiger partial charge in [-0.3, -0.25) is 9.59 Å². The molecule has 0 radical (unpaired) electrons. The van der Waals surface area contributed by atoms with Gasteiger partial charge in [-0.2, -0.15) is 0 Å². The highest BCUT2D eigenvalue weighted by Crippen LogP contribution is 2.24. The minimum atomic E-state index is -0.335. The summed E-state index contributed by atoms with van der Waals surface area (Å²) in [7, 11) is 0. The van der Waals surface area contributed by atoms with Crippen LogP contribution in [-0.4, -0.2) is 37.3 Å². The summed E-state index contributed by atoms with van der Waals surface area (Å²) >= 11 is 2.78. The average molecular weight is 473 g/mol. The summed E-state index contributed by atoms with van der Waals surface area (Å²) in [5.74, 6) is 0.890. The fourth-order valence-electron chi connectivity index (χ4n) is 3.01. The monoisotopic (exact) mass is 472 g/mol. The van der Waals surface area contributed by atoms with Gasteiger partial charge in [-0.15, -0.1) is 21.5 Å². The number of carbonyl (C=O) groups excluding carboxylic acids is 2. The van der Waals surface area contributed by atoms with Gasteiger partial charge in [0, 0.05) is 17.0 Å². The summed E-state index contributed by atoms with van der Waals surface area (Å²) in [6.07, 6.45) is 0. The SMILES string of the molecule is Cc1nc(NC(=O)CSc2nnc([C@H](C)NC(=O)c3ccccc3)n2CC(C)C)sc1C. The number of benzene rings is 1. The third-order valence-electron chi connectivity index (χ3n) is 4.67. The molecule has 3 aromatic rings. The van der Waals surface area contributed by atoms with E-state index in [0.717, 1.165) is 10.6 Å². The Balaban J connectivity index is 1.68. The molecule has 1 atom stereocenters. The number of carbonyl (C=O) groups is 2. The molecule has 0 aliphatic rings. The average Bonchev–Trinajstić information content (AvgIpc) is 3.28. The van der Waals surface area contributed by atoms with E-state index in [0.29, 0.717) is 34.1 Å². The van der Waals surface area contributed by atoms with Gasteiger partial charge >= 0.3 is 0 Å². The maximum absolute atomic E-state index is 12.6. The normalized spacial score (nSPS) is 12.1. The van der Waals surface area contributed by atoms with Crippen molar-refractivity contribution in [2.75, 3.05) is 11.1 Å². The highest BCUT2D eigenvalue weighted by atomic mass is 32.2. The quantitative estimate of drug-likeness (QED) is 0.452. The molecule has 170 valence electrons. The number of thiazole rings is 1. The Hall–Kier alpha value is -2.72. The highest BCUT2D eigenvalue weighted by molar-refractivity contribution is 7.99. The highest BCUT2D eigenvalue weighted by Gasteiger charge is 2.21. The maximum Gasteiger partial charge on any atom is 0.251 e. The lowest BCUT2D eigenvalue weighted by Gasteiger charge is -2.17. The Morgan fingerprint density at radius 3 is 2.47 bits per heavy atom. The van der Waals surface area contributed by atoms with Gasteiger partial charge in [0.15, 0.2) is 16.1 Å². The molecule has 1 aromatic carbocycles. The van der Waals surface area contributed by atoms with Crippen LogP contribution in [0.25, 0.3) is 0 Å². The smallest absolute Gasteiger partial charge is 0.251 e. The van der Waals surface area contributed by atoms with E-state index < -0.39 is 0 Å². The lowest BCUT2D eigenvalue weighted by Crippen LogP contribution is -2.29. The molecule has 0 aliphatic carbocycles. The van der Waals surface area contributed by atoms with Crippen LogP contribution in [0, 0.1) is 19.8 Å². The van der Waals surface area contributed by atoms with Crippen molar-refractivity contribution in [3.8, 4) is 0 Å². The number of hydrogen-bond donors (Lipinski definition) is 2. The molecule has 0 spiro atoms. The Labute approximate surface area is 196 Å². The molecule has 0 fully saturated rings. The van der Waals surface area contributed by atoms with Crippen molar-refractivity contribution < 1.29 is 9.59 Å². The molecule has 0 saturated heterocycles. The van der Waals surface area contributed by atoms with Crippen LogP contribution in [0.3, 0.4) is 0 Å². The number of aromatic nitrogens is 4. The van der Waals surface area contributed by atoms with E-state index in [1.165, 1.54) is 23.1 Å². The van der Waals surface area contributed by atoms with E-state index >= 15 is 0 Å². The first-order chi connectivity index (χ1) is 15.2. The Morgan fingerprint density at radius 1 is 1.12 bits per heavy atom. The number of nitrogens with one attached hydrogen (secondary N) is 2. The predicted octanol–water partition coefficient (Wildman–Crippen LogP) is 4.23. The van der Waals surface area contributed by atoms with E-state index in [2.05, 4.69) is 39.7 Å². The molecule has 0 bridgehead atoms. The first-order valence-electron chi connectivity index (χ1n) is 10.4. The molecule has 0 unspecified atom stereocenters. The molecule has 2 amide bonds. The van der Waals surface area contributed by atoms with Crippen molar-refractivity contribution in [1.29, 1.82) is 0 Å². The third-order valence-corrected chi connectivity index (χ3v) is 6.63. The van der Waals surface area contributed by atoms with Crippen molar-refractivity contribution in [3.05, 3.63) is 52.3 Å². The molecule has 3 rings (SSSR count). The van der Waals surface area contributed by atoms with Crippen molar-refractivity contribution in [1.82, 2.24) is 25.1 Å². The lowest BCUT2D eigenvalue weighted by molar-refractivity contribution is -0.113. The van der Waals surface area contributed by atoms with Gasteiger partial charge in [0.2, 0.25) is 5.91 Å². The number of anilines is 1. The molecule has 2 heterocycles. The number of rotatable bonds is 9. The second kappa shape index (κ2) is 10.7. The van der Waals surface area contributed by atoms with Gasteiger partial charge < -0.3 is 15.2 Å². The van der Waals surface area contributed by atoms with Gasteiger partial charge in [0.25, 0.3) is 5.91 Å². The summed E-state index contributed by atoms with van der Waals surface area (Å²) in [5.41, 5.74) is 1.51. The van der Waals surface area contributed by atoms with Gasteiger partial charge in [-0.05, 0) is 38.8 Å². The topological polar surface area (TPSA) is 102 Å². The van der Waals surface area contributed by atoms with E-state index in [9.17, 15) is 9.59 Å². The molecule has 8 nitrogen and oxygen atoms in total. The van der Waals surface area contributed by atoms with Crippen LogP contribution in [0.2, 0.25) is 0 Å². The Morgan fingerprint density at radius 2 is 1.84 bits per heavy atom. The first kappa shape index (κ1) is 23.9. The Kier molecular flexibility index (Phi) is 8.03. The fraction of sp³-hybridized carbons (Fsp3) is 0.409. The van der Waals surface area contributed by atoms with E-state index in [1.807, 2.05) is 43.5 Å². The molecule has 2 aromatic heterocycles. The molecule has 10 heteroatoms. The van der Waals surface area contributed by atoms with Crippen LogP contribution in [-0.2, 0) is 11.3 Å². The zero-order valence-corrected chi connectivity index (χ0v) is 20.5.